The third kappa shape index (κ3) is 3.59. The summed E-state index contributed by atoms with van der Waals surface area (Å²) < 4.78 is 13.1. The molecule has 2 rings (SSSR count). The maximum Gasteiger partial charge on any atom is 0.283 e. The van der Waals surface area contributed by atoms with Gasteiger partial charge in [0.15, 0.2) is 5.79 Å². The first-order valence-electron chi connectivity index (χ1n) is 6.74. The smallest absolute Gasteiger partial charge is 0.283 e. The van der Waals surface area contributed by atoms with Crippen LogP contribution in [0.2, 0.25) is 0 Å². The lowest BCUT2D eigenvalue weighted by Gasteiger charge is -2.17. The minimum atomic E-state index is -0.535. The predicted molar refractivity (Wildman–Crippen MR) is 79.9 cm³/mol. The predicted octanol–water partition coefficient (Wildman–Crippen LogP) is 1.98. The monoisotopic (exact) mass is 345 g/mol. The van der Waals surface area contributed by atoms with Crippen molar-refractivity contribution in [1.82, 2.24) is 9.78 Å². The van der Waals surface area contributed by atoms with E-state index in [-0.39, 0.29) is 11.7 Å². The molecule has 0 bridgehead atoms. The van der Waals surface area contributed by atoms with Crippen LogP contribution in [0.25, 0.3) is 0 Å². The van der Waals surface area contributed by atoms with Crippen molar-refractivity contribution in [2.45, 2.75) is 45.6 Å². The van der Waals surface area contributed by atoms with Crippen LogP contribution in [0.1, 0.15) is 27.2 Å². The second-order valence-corrected chi connectivity index (χ2v) is 6.03. The largest absolute Gasteiger partial charge is 0.380 e. The quantitative estimate of drug-likeness (QED) is 0.883. The molecule has 6 nitrogen and oxygen atoms in total. The molecule has 1 aromatic rings. The minimum absolute atomic E-state index is 0.0324. The molecule has 1 aliphatic heterocycles. The van der Waals surface area contributed by atoms with Crippen LogP contribution in [0, 0.1) is 0 Å². The molecule has 7 heteroatoms. The molecule has 1 aliphatic rings. The zero-order chi connectivity index (χ0) is 14.8. The molecule has 1 saturated heterocycles. The topological polar surface area (TPSA) is 65.4 Å². The summed E-state index contributed by atoms with van der Waals surface area (Å²) in [7, 11) is 0. The van der Waals surface area contributed by atoms with Gasteiger partial charge in [0, 0.05) is 13.1 Å². The molecular weight excluding hydrogens is 326 g/mol. The van der Waals surface area contributed by atoms with Crippen molar-refractivity contribution in [1.29, 1.82) is 0 Å². The number of hydrogen-bond donors (Lipinski definition) is 1. The second kappa shape index (κ2) is 6.24. The lowest BCUT2D eigenvalue weighted by Crippen LogP contribution is -2.28. The van der Waals surface area contributed by atoms with Gasteiger partial charge in [0.2, 0.25) is 0 Å². The van der Waals surface area contributed by atoms with Crippen molar-refractivity contribution in [3.05, 3.63) is 21.0 Å². The van der Waals surface area contributed by atoms with Crippen LogP contribution >= 0.6 is 15.9 Å². The fraction of sp³-hybridized carbons (Fsp3) is 0.692. The molecule has 112 valence electrons. The Bertz CT molecular complexity index is 530. The lowest BCUT2D eigenvalue weighted by molar-refractivity contribution is -0.136. The molecule has 1 unspecified atom stereocenters. The molecule has 0 spiro atoms. The standard InChI is InChI=1S/C13H20BrN3O3/c1-4-5-17-12(18)11(14)10(7-16-17)15-6-9-8-19-13(2,3)20-9/h7,9,15H,4-6,8H2,1-3H3. The molecule has 1 N–H and O–H groups in total. The van der Waals surface area contributed by atoms with E-state index < -0.39 is 5.79 Å². The van der Waals surface area contributed by atoms with Crippen molar-refractivity contribution in [3.8, 4) is 0 Å². The first kappa shape index (κ1) is 15.5. The van der Waals surface area contributed by atoms with Crippen LogP contribution in [-0.2, 0) is 16.0 Å². The number of aryl methyl sites for hydroxylation is 1. The van der Waals surface area contributed by atoms with Crippen LogP contribution in [0.3, 0.4) is 0 Å². The summed E-state index contributed by atoms with van der Waals surface area (Å²) in [5, 5.41) is 7.32. The molecule has 0 aromatic carbocycles. The van der Waals surface area contributed by atoms with Crippen molar-refractivity contribution >= 4 is 21.6 Å². The van der Waals surface area contributed by atoms with Crippen molar-refractivity contribution < 1.29 is 9.47 Å². The van der Waals surface area contributed by atoms with E-state index in [2.05, 4.69) is 26.3 Å². The van der Waals surface area contributed by atoms with Gasteiger partial charge in [-0.1, -0.05) is 6.92 Å². The highest BCUT2D eigenvalue weighted by molar-refractivity contribution is 9.10. The van der Waals surface area contributed by atoms with E-state index in [1.807, 2.05) is 20.8 Å². The van der Waals surface area contributed by atoms with Gasteiger partial charge in [-0.15, -0.1) is 0 Å². The van der Waals surface area contributed by atoms with Gasteiger partial charge >= 0.3 is 0 Å². The third-order valence-electron chi connectivity index (χ3n) is 3.01. The Morgan fingerprint density at radius 1 is 1.60 bits per heavy atom. The normalized spacial score (nSPS) is 21.1. The van der Waals surface area contributed by atoms with Crippen LogP contribution in [0.15, 0.2) is 15.5 Å². The van der Waals surface area contributed by atoms with Gasteiger partial charge in [-0.3, -0.25) is 4.79 Å². The molecule has 1 atom stereocenters. The summed E-state index contributed by atoms with van der Waals surface area (Å²) in [5.41, 5.74) is 0.552. The Kier molecular flexibility index (Phi) is 4.82. The zero-order valence-electron chi connectivity index (χ0n) is 12.0. The number of anilines is 1. The molecular formula is C13H20BrN3O3. The van der Waals surface area contributed by atoms with E-state index in [0.29, 0.717) is 29.9 Å². The summed E-state index contributed by atoms with van der Waals surface area (Å²) in [6.45, 7) is 7.50. The summed E-state index contributed by atoms with van der Waals surface area (Å²) in [5.74, 6) is -0.535. The molecule has 1 aromatic heterocycles. The van der Waals surface area contributed by atoms with E-state index in [1.54, 1.807) is 6.20 Å². The van der Waals surface area contributed by atoms with E-state index in [1.165, 1.54) is 4.68 Å². The van der Waals surface area contributed by atoms with E-state index in [0.717, 1.165) is 6.42 Å². The maximum absolute atomic E-state index is 12.0. The Balaban J connectivity index is 2.00. The summed E-state index contributed by atoms with van der Waals surface area (Å²) in [6.07, 6.45) is 2.49. The zero-order valence-corrected chi connectivity index (χ0v) is 13.6. The molecule has 0 saturated carbocycles. The number of halogens is 1. The SMILES string of the molecule is CCCn1ncc(NCC2COC(C)(C)O2)c(Br)c1=O. The van der Waals surface area contributed by atoms with E-state index in [9.17, 15) is 4.79 Å². The number of rotatable bonds is 5. The fourth-order valence-electron chi connectivity index (χ4n) is 2.05. The van der Waals surface area contributed by atoms with Crippen LogP contribution < -0.4 is 10.9 Å². The van der Waals surface area contributed by atoms with E-state index in [4.69, 9.17) is 9.47 Å². The number of hydrogen-bond acceptors (Lipinski definition) is 5. The van der Waals surface area contributed by atoms with Gasteiger partial charge in [-0.2, -0.15) is 5.10 Å². The summed E-state index contributed by atoms with van der Waals surface area (Å²) >= 11 is 3.33. The molecule has 0 amide bonds. The highest BCUT2D eigenvalue weighted by atomic mass is 79.9. The summed E-state index contributed by atoms with van der Waals surface area (Å²) in [4.78, 5) is 12.0. The van der Waals surface area contributed by atoms with Crippen LogP contribution in [0.5, 0.6) is 0 Å². The number of aromatic nitrogens is 2. The highest BCUT2D eigenvalue weighted by Gasteiger charge is 2.32. The second-order valence-electron chi connectivity index (χ2n) is 5.23. The lowest BCUT2D eigenvalue weighted by atomic mass is 10.3. The fourth-order valence-corrected chi connectivity index (χ4v) is 2.49. The molecule has 0 radical (unpaired) electrons. The summed E-state index contributed by atoms with van der Waals surface area (Å²) in [6, 6.07) is 0. The average Bonchev–Trinajstić information content (AvgIpc) is 2.74. The van der Waals surface area contributed by atoms with Gasteiger partial charge in [-0.05, 0) is 36.2 Å². The van der Waals surface area contributed by atoms with Gasteiger partial charge in [0.25, 0.3) is 5.56 Å². The highest BCUT2D eigenvalue weighted by Crippen LogP contribution is 2.23. The minimum Gasteiger partial charge on any atom is -0.380 e. The Morgan fingerprint density at radius 3 is 2.95 bits per heavy atom. The Hall–Kier alpha value is -0.920. The van der Waals surface area contributed by atoms with Gasteiger partial charge in [0.05, 0.1) is 18.5 Å². The first-order valence-corrected chi connectivity index (χ1v) is 7.53. The Labute approximate surface area is 126 Å². The molecule has 2 heterocycles. The Morgan fingerprint density at radius 2 is 2.35 bits per heavy atom. The van der Waals surface area contributed by atoms with Crippen molar-refractivity contribution in [2.24, 2.45) is 0 Å². The van der Waals surface area contributed by atoms with Crippen molar-refractivity contribution in [3.63, 3.8) is 0 Å². The van der Waals surface area contributed by atoms with Crippen LogP contribution in [-0.4, -0.2) is 34.8 Å². The molecule has 0 aliphatic carbocycles. The first-order chi connectivity index (χ1) is 9.43. The third-order valence-corrected chi connectivity index (χ3v) is 3.77. The number of ether oxygens (including phenoxy) is 2. The van der Waals surface area contributed by atoms with Gasteiger partial charge < -0.3 is 14.8 Å². The van der Waals surface area contributed by atoms with Gasteiger partial charge in [0.1, 0.15) is 10.6 Å². The van der Waals surface area contributed by atoms with Crippen molar-refractivity contribution in [2.75, 3.05) is 18.5 Å². The molecule has 20 heavy (non-hydrogen) atoms. The van der Waals surface area contributed by atoms with Crippen LogP contribution in [0.4, 0.5) is 5.69 Å². The maximum atomic E-state index is 12.0. The average molecular weight is 346 g/mol. The number of nitrogens with one attached hydrogen (secondary N) is 1. The van der Waals surface area contributed by atoms with Gasteiger partial charge in [-0.25, -0.2) is 4.68 Å². The number of nitrogens with zero attached hydrogens (tertiary/aromatic N) is 2. The van der Waals surface area contributed by atoms with E-state index >= 15 is 0 Å². The molecule has 1 fully saturated rings.